The van der Waals surface area contributed by atoms with Gasteiger partial charge in [0.05, 0.1) is 18.8 Å². The molecule has 0 saturated carbocycles. The van der Waals surface area contributed by atoms with Crippen LogP contribution in [0.25, 0.3) is 0 Å². The van der Waals surface area contributed by atoms with Gasteiger partial charge in [0.15, 0.2) is 0 Å². The second-order valence-corrected chi connectivity index (χ2v) is 9.37. The Morgan fingerprint density at radius 1 is 1.21 bits per heavy atom. The molecule has 1 aliphatic heterocycles. The van der Waals surface area contributed by atoms with Crippen LogP contribution < -0.4 is 0 Å². The van der Waals surface area contributed by atoms with Gasteiger partial charge in [0.1, 0.15) is 5.01 Å². The number of aliphatic hydroxyl groups is 1. The van der Waals surface area contributed by atoms with Crippen LogP contribution >= 0.6 is 23.1 Å². The van der Waals surface area contributed by atoms with Crippen molar-refractivity contribution in [2.45, 2.75) is 44.8 Å². The third-order valence-corrected chi connectivity index (χ3v) is 6.49. The molecule has 1 N–H and O–H groups in total. The summed E-state index contributed by atoms with van der Waals surface area (Å²) in [5.41, 5.74) is 2.57. The summed E-state index contributed by atoms with van der Waals surface area (Å²) >= 11 is 3.67. The first-order chi connectivity index (χ1) is 11.5. The van der Waals surface area contributed by atoms with Gasteiger partial charge in [-0.25, -0.2) is 4.98 Å². The lowest BCUT2D eigenvalue weighted by Gasteiger charge is -2.41. The quantitative estimate of drug-likeness (QED) is 0.889. The first kappa shape index (κ1) is 17.9. The molecule has 0 spiro atoms. The van der Waals surface area contributed by atoms with E-state index in [9.17, 15) is 5.11 Å². The molecule has 0 bridgehead atoms. The van der Waals surface area contributed by atoms with E-state index in [-0.39, 0.29) is 18.1 Å². The average molecular weight is 363 g/mol. The zero-order valence-electron chi connectivity index (χ0n) is 14.6. The summed E-state index contributed by atoms with van der Waals surface area (Å²) in [5.74, 6) is 2.05. The van der Waals surface area contributed by atoms with Crippen LogP contribution in [0.15, 0.2) is 35.7 Å². The minimum Gasteiger partial charge on any atom is -0.395 e. The maximum absolute atomic E-state index is 9.87. The molecular weight excluding hydrogens is 336 g/mol. The SMILES string of the molecule is CC(C)(C)c1csc(CN2[C@@H](CO)CSC[C@H]2c2ccccc2)n1. The normalized spacial score (nSPS) is 22.7. The van der Waals surface area contributed by atoms with E-state index in [1.165, 1.54) is 5.56 Å². The highest BCUT2D eigenvalue weighted by Crippen LogP contribution is 2.35. The zero-order valence-corrected chi connectivity index (χ0v) is 16.2. The van der Waals surface area contributed by atoms with Gasteiger partial charge in [-0.15, -0.1) is 11.3 Å². The van der Waals surface area contributed by atoms with E-state index in [1.807, 2.05) is 11.8 Å². The standard InChI is InChI=1S/C19H26N2OS2/c1-19(2,3)17-13-24-18(20-17)9-21-15(10-22)11-23-12-16(21)14-7-5-4-6-8-14/h4-8,13,15-16,22H,9-12H2,1-3H3/t15-,16-/m0/s1. The smallest absolute Gasteiger partial charge is 0.107 e. The van der Waals surface area contributed by atoms with E-state index in [0.717, 1.165) is 28.8 Å². The van der Waals surface area contributed by atoms with E-state index >= 15 is 0 Å². The molecule has 2 aromatic rings. The van der Waals surface area contributed by atoms with E-state index < -0.39 is 0 Å². The van der Waals surface area contributed by atoms with Crippen molar-refractivity contribution in [2.75, 3.05) is 18.1 Å². The number of hydrogen-bond acceptors (Lipinski definition) is 5. The minimum absolute atomic E-state index is 0.0850. The van der Waals surface area contributed by atoms with Gasteiger partial charge in [-0.3, -0.25) is 4.90 Å². The highest BCUT2D eigenvalue weighted by molar-refractivity contribution is 7.99. The van der Waals surface area contributed by atoms with Crippen molar-refractivity contribution in [3.05, 3.63) is 52.0 Å². The first-order valence-corrected chi connectivity index (χ1v) is 10.5. The predicted octanol–water partition coefficient (Wildman–Crippen LogP) is 4.09. The number of rotatable bonds is 4. The Balaban J connectivity index is 1.84. The lowest BCUT2D eigenvalue weighted by Crippen LogP contribution is -2.46. The Bertz CT molecular complexity index is 651. The molecule has 2 atom stereocenters. The van der Waals surface area contributed by atoms with Gasteiger partial charge < -0.3 is 5.11 Å². The Morgan fingerprint density at radius 2 is 1.96 bits per heavy atom. The fraction of sp³-hybridized carbons (Fsp3) is 0.526. The van der Waals surface area contributed by atoms with E-state index in [2.05, 4.69) is 61.4 Å². The van der Waals surface area contributed by atoms with Crippen LogP contribution in [-0.4, -0.2) is 39.1 Å². The van der Waals surface area contributed by atoms with Crippen LogP contribution in [-0.2, 0) is 12.0 Å². The maximum Gasteiger partial charge on any atom is 0.107 e. The van der Waals surface area contributed by atoms with Crippen LogP contribution in [0, 0.1) is 0 Å². The van der Waals surface area contributed by atoms with Gasteiger partial charge in [-0.2, -0.15) is 11.8 Å². The lowest BCUT2D eigenvalue weighted by molar-refractivity contribution is 0.0915. The number of nitrogens with zero attached hydrogens (tertiary/aromatic N) is 2. The fourth-order valence-electron chi connectivity index (χ4n) is 3.01. The molecular formula is C19H26N2OS2. The molecule has 1 aromatic carbocycles. The number of benzene rings is 1. The molecule has 0 radical (unpaired) electrons. The van der Waals surface area contributed by atoms with Gasteiger partial charge in [0.25, 0.3) is 0 Å². The molecule has 1 saturated heterocycles. The van der Waals surface area contributed by atoms with E-state index in [4.69, 9.17) is 4.98 Å². The Labute approximate surface area is 153 Å². The fourth-order valence-corrected chi connectivity index (χ4v) is 5.35. The minimum atomic E-state index is 0.0850. The molecule has 1 aliphatic rings. The number of thiazole rings is 1. The van der Waals surface area contributed by atoms with E-state index in [0.29, 0.717) is 6.04 Å². The van der Waals surface area contributed by atoms with Gasteiger partial charge in [0, 0.05) is 34.4 Å². The second kappa shape index (κ2) is 7.56. The van der Waals surface area contributed by atoms with Crippen LogP contribution in [0.5, 0.6) is 0 Å². The Morgan fingerprint density at radius 3 is 2.58 bits per heavy atom. The van der Waals surface area contributed by atoms with Crippen LogP contribution in [0.3, 0.4) is 0 Å². The number of aliphatic hydroxyl groups excluding tert-OH is 1. The summed E-state index contributed by atoms with van der Waals surface area (Å²) in [6.45, 7) is 7.62. The van der Waals surface area contributed by atoms with Crippen molar-refractivity contribution in [1.29, 1.82) is 0 Å². The number of thioether (sulfide) groups is 1. The molecule has 5 heteroatoms. The highest BCUT2D eigenvalue weighted by atomic mass is 32.2. The van der Waals surface area contributed by atoms with E-state index in [1.54, 1.807) is 11.3 Å². The molecule has 130 valence electrons. The topological polar surface area (TPSA) is 36.4 Å². The summed E-state index contributed by atoms with van der Waals surface area (Å²) < 4.78 is 0. The molecule has 3 nitrogen and oxygen atoms in total. The van der Waals surface area contributed by atoms with Crippen molar-refractivity contribution in [3.8, 4) is 0 Å². The molecule has 24 heavy (non-hydrogen) atoms. The summed E-state index contributed by atoms with van der Waals surface area (Å²) in [6, 6.07) is 11.2. The van der Waals surface area contributed by atoms with Gasteiger partial charge in [0.2, 0.25) is 0 Å². The molecule has 3 rings (SSSR count). The molecule has 1 fully saturated rings. The number of hydrogen-bond donors (Lipinski definition) is 1. The maximum atomic E-state index is 9.87. The molecule has 0 amide bonds. The predicted molar refractivity (Wildman–Crippen MR) is 104 cm³/mol. The van der Waals surface area contributed by atoms with Crippen molar-refractivity contribution >= 4 is 23.1 Å². The first-order valence-electron chi connectivity index (χ1n) is 8.43. The van der Waals surface area contributed by atoms with Crippen LogP contribution in [0.2, 0.25) is 0 Å². The molecule has 0 aliphatic carbocycles. The highest BCUT2D eigenvalue weighted by Gasteiger charge is 2.32. The molecule has 1 aromatic heterocycles. The second-order valence-electron chi connectivity index (χ2n) is 7.35. The van der Waals surface area contributed by atoms with Crippen LogP contribution in [0.4, 0.5) is 0 Å². The summed E-state index contributed by atoms with van der Waals surface area (Å²) in [4.78, 5) is 7.30. The molecule has 0 unspecified atom stereocenters. The third kappa shape index (κ3) is 4.02. The zero-order chi connectivity index (χ0) is 17.2. The van der Waals surface area contributed by atoms with Crippen molar-refractivity contribution < 1.29 is 5.11 Å². The third-order valence-electron chi connectivity index (χ3n) is 4.49. The summed E-state index contributed by atoms with van der Waals surface area (Å²) in [7, 11) is 0. The summed E-state index contributed by atoms with van der Waals surface area (Å²) in [6.07, 6.45) is 0. The average Bonchev–Trinajstić information content (AvgIpc) is 3.05. The van der Waals surface area contributed by atoms with Crippen LogP contribution in [0.1, 0.15) is 43.1 Å². The largest absolute Gasteiger partial charge is 0.395 e. The van der Waals surface area contributed by atoms with Crippen molar-refractivity contribution in [1.82, 2.24) is 9.88 Å². The number of aromatic nitrogens is 1. The van der Waals surface area contributed by atoms with Gasteiger partial charge >= 0.3 is 0 Å². The molecule has 2 heterocycles. The van der Waals surface area contributed by atoms with Gasteiger partial charge in [-0.1, -0.05) is 51.1 Å². The van der Waals surface area contributed by atoms with Gasteiger partial charge in [-0.05, 0) is 5.56 Å². The van der Waals surface area contributed by atoms with Crippen molar-refractivity contribution in [3.63, 3.8) is 0 Å². The Kier molecular flexibility index (Phi) is 5.65. The Hall–Kier alpha value is -0.880. The van der Waals surface area contributed by atoms with Crippen molar-refractivity contribution in [2.24, 2.45) is 0 Å². The summed E-state index contributed by atoms with van der Waals surface area (Å²) in [5, 5.41) is 13.2. The monoisotopic (exact) mass is 362 g/mol. The lowest BCUT2D eigenvalue weighted by atomic mass is 9.93.